The molecule has 0 aliphatic heterocycles. The van der Waals surface area contributed by atoms with Crippen molar-refractivity contribution in [3.8, 4) is 10.8 Å². The van der Waals surface area contributed by atoms with Crippen molar-refractivity contribution < 1.29 is 4.42 Å². The van der Waals surface area contributed by atoms with Crippen molar-refractivity contribution >= 4 is 32.1 Å². The second-order valence-corrected chi connectivity index (χ2v) is 6.11. The van der Waals surface area contributed by atoms with Crippen LogP contribution in [0.3, 0.4) is 0 Å². The number of rotatable bonds is 5. The summed E-state index contributed by atoms with van der Waals surface area (Å²) in [6, 6.07) is 4.29. The van der Waals surface area contributed by atoms with Crippen LogP contribution in [-0.2, 0) is 6.54 Å². The van der Waals surface area contributed by atoms with Crippen molar-refractivity contribution in [1.82, 2.24) is 10.3 Å². The van der Waals surface area contributed by atoms with Crippen molar-refractivity contribution in [3.63, 3.8) is 0 Å². The van der Waals surface area contributed by atoms with Gasteiger partial charge in [0.1, 0.15) is 6.26 Å². The van der Waals surface area contributed by atoms with Gasteiger partial charge in [0.25, 0.3) is 0 Å². The molecule has 0 fully saturated rings. The van der Waals surface area contributed by atoms with E-state index < -0.39 is 0 Å². The number of nitrogens with one attached hydrogen (secondary N) is 1. The minimum absolute atomic E-state index is 0.733. The molecule has 0 amide bonds. The van der Waals surface area contributed by atoms with Crippen molar-refractivity contribution in [1.29, 1.82) is 0 Å². The normalized spacial score (nSPS) is 11.4. The van der Waals surface area contributed by atoms with E-state index in [0.717, 1.165) is 36.0 Å². The zero-order valence-electron chi connectivity index (χ0n) is 10.1. The number of oxazole rings is 1. The highest BCUT2D eigenvalue weighted by molar-refractivity contribution is 7.28. The average Bonchev–Trinajstić information content (AvgIpc) is 3.02. The topological polar surface area (TPSA) is 38.1 Å². The zero-order chi connectivity index (χ0) is 12.4. The summed E-state index contributed by atoms with van der Waals surface area (Å²) in [4.78, 5) is 5.62. The van der Waals surface area contributed by atoms with Gasteiger partial charge in [0, 0.05) is 15.9 Å². The molecule has 3 rings (SSSR count). The van der Waals surface area contributed by atoms with Crippen molar-refractivity contribution in [3.05, 3.63) is 29.5 Å². The molecule has 0 saturated carbocycles. The number of thiophene rings is 2. The van der Waals surface area contributed by atoms with Gasteiger partial charge in [0.2, 0.25) is 5.89 Å². The molecule has 18 heavy (non-hydrogen) atoms. The molecule has 0 saturated heterocycles. The monoisotopic (exact) mass is 278 g/mol. The number of nitrogens with zero attached hydrogens (tertiary/aromatic N) is 1. The van der Waals surface area contributed by atoms with Crippen LogP contribution in [0.2, 0.25) is 0 Å². The summed E-state index contributed by atoms with van der Waals surface area (Å²) in [5, 5.41) is 5.43. The Hall–Kier alpha value is -1.17. The predicted molar refractivity (Wildman–Crippen MR) is 77.2 cm³/mol. The third-order valence-electron chi connectivity index (χ3n) is 2.63. The number of aromatic nitrogens is 1. The summed E-state index contributed by atoms with van der Waals surface area (Å²) in [6.45, 7) is 3.94. The molecule has 3 aromatic rings. The molecule has 0 aromatic carbocycles. The minimum atomic E-state index is 0.733. The van der Waals surface area contributed by atoms with E-state index in [0.29, 0.717) is 0 Å². The number of hydrogen-bond acceptors (Lipinski definition) is 5. The van der Waals surface area contributed by atoms with E-state index in [4.69, 9.17) is 4.42 Å². The van der Waals surface area contributed by atoms with Crippen molar-refractivity contribution in [2.75, 3.05) is 6.54 Å². The summed E-state index contributed by atoms with van der Waals surface area (Å²) in [6.07, 6.45) is 2.87. The largest absolute Gasteiger partial charge is 0.444 e. The van der Waals surface area contributed by atoms with Gasteiger partial charge in [-0.1, -0.05) is 6.92 Å². The molecule has 5 heteroatoms. The van der Waals surface area contributed by atoms with Crippen LogP contribution in [0.1, 0.15) is 19.0 Å². The van der Waals surface area contributed by atoms with Crippen LogP contribution in [0.4, 0.5) is 0 Å². The van der Waals surface area contributed by atoms with Gasteiger partial charge < -0.3 is 9.73 Å². The van der Waals surface area contributed by atoms with E-state index in [-0.39, 0.29) is 0 Å². The first kappa shape index (κ1) is 11.9. The highest BCUT2D eigenvalue weighted by atomic mass is 32.1. The quantitative estimate of drug-likeness (QED) is 0.713. The Bertz CT molecular complexity index is 610. The fraction of sp³-hybridized carbons (Fsp3) is 0.308. The lowest BCUT2D eigenvalue weighted by Gasteiger charge is -1.96. The smallest absolute Gasteiger partial charge is 0.236 e. The Labute approximate surface area is 113 Å². The molecule has 3 aromatic heterocycles. The van der Waals surface area contributed by atoms with Gasteiger partial charge in [0.05, 0.1) is 10.6 Å². The third kappa shape index (κ3) is 2.34. The molecule has 0 spiro atoms. The third-order valence-corrected chi connectivity index (χ3v) is 4.72. The van der Waals surface area contributed by atoms with Gasteiger partial charge in [0.15, 0.2) is 0 Å². The number of fused-ring (bicyclic) bond motifs is 1. The Morgan fingerprint density at radius 2 is 2.33 bits per heavy atom. The second kappa shape index (κ2) is 5.22. The first-order valence-corrected chi connectivity index (χ1v) is 7.69. The van der Waals surface area contributed by atoms with Crippen LogP contribution in [0, 0.1) is 0 Å². The fourth-order valence-electron chi connectivity index (χ4n) is 1.77. The standard InChI is InChI=1S/C13H14N2OS2/c1-2-4-14-7-9-8-16-13(15-9)12-6-11-10(18-12)3-5-17-11/h3,5-6,8,14H,2,4,7H2,1H3. The lowest BCUT2D eigenvalue weighted by molar-refractivity contribution is 0.571. The van der Waals surface area contributed by atoms with Gasteiger partial charge in [-0.3, -0.25) is 0 Å². The van der Waals surface area contributed by atoms with Gasteiger partial charge >= 0.3 is 0 Å². The minimum Gasteiger partial charge on any atom is -0.444 e. The first-order chi connectivity index (χ1) is 8.86. The van der Waals surface area contributed by atoms with Crippen LogP contribution in [0.15, 0.2) is 28.2 Å². The molecule has 0 aliphatic rings. The zero-order valence-corrected chi connectivity index (χ0v) is 11.7. The van der Waals surface area contributed by atoms with E-state index in [9.17, 15) is 0 Å². The summed E-state index contributed by atoms with van der Waals surface area (Å²) < 4.78 is 8.15. The van der Waals surface area contributed by atoms with E-state index in [1.54, 1.807) is 28.9 Å². The van der Waals surface area contributed by atoms with E-state index >= 15 is 0 Å². The van der Waals surface area contributed by atoms with Gasteiger partial charge in [-0.2, -0.15) is 0 Å². The molecule has 0 radical (unpaired) electrons. The van der Waals surface area contributed by atoms with E-state index in [2.05, 4.69) is 34.7 Å². The first-order valence-electron chi connectivity index (χ1n) is 5.99. The van der Waals surface area contributed by atoms with Crippen molar-refractivity contribution in [2.24, 2.45) is 0 Å². The molecule has 3 heterocycles. The maximum Gasteiger partial charge on any atom is 0.236 e. The Morgan fingerprint density at radius 1 is 1.39 bits per heavy atom. The molecule has 0 aliphatic carbocycles. The fourth-order valence-corrected chi connectivity index (χ4v) is 3.81. The molecule has 0 unspecified atom stereocenters. The van der Waals surface area contributed by atoms with Crippen LogP contribution in [0.25, 0.3) is 20.2 Å². The van der Waals surface area contributed by atoms with E-state index in [1.165, 1.54) is 9.40 Å². The molecular weight excluding hydrogens is 264 g/mol. The maximum absolute atomic E-state index is 5.54. The van der Waals surface area contributed by atoms with Gasteiger partial charge in [-0.25, -0.2) is 4.98 Å². The van der Waals surface area contributed by atoms with Gasteiger partial charge in [-0.05, 0) is 30.5 Å². The Kier molecular flexibility index (Phi) is 3.45. The molecule has 94 valence electrons. The number of hydrogen-bond donors (Lipinski definition) is 1. The predicted octanol–water partition coefficient (Wildman–Crippen LogP) is 4.12. The Morgan fingerprint density at radius 3 is 3.17 bits per heavy atom. The van der Waals surface area contributed by atoms with Crippen LogP contribution >= 0.6 is 22.7 Å². The summed E-state index contributed by atoms with van der Waals surface area (Å²) in [5.41, 5.74) is 0.968. The summed E-state index contributed by atoms with van der Waals surface area (Å²) in [5.74, 6) is 0.733. The lowest BCUT2D eigenvalue weighted by Crippen LogP contribution is -2.13. The van der Waals surface area contributed by atoms with Crippen LogP contribution in [-0.4, -0.2) is 11.5 Å². The lowest BCUT2D eigenvalue weighted by atomic mass is 10.4. The highest BCUT2D eigenvalue weighted by Gasteiger charge is 2.10. The van der Waals surface area contributed by atoms with E-state index in [1.807, 2.05) is 0 Å². The molecule has 0 bridgehead atoms. The SMILES string of the molecule is CCCNCc1coc(-c2cc3sccc3s2)n1. The summed E-state index contributed by atoms with van der Waals surface area (Å²) >= 11 is 3.49. The molecule has 3 nitrogen and oxygen atoms in total. The van der Waals surface area contributed by atoms with Crippen LogP contribution < -0.4 is 5.32 Å². The van der Waals surface area contributed by atoms with Crippen molar-refractivity contribution in [2.45, 2.75) is 19.9 Å². The molecular formula is C13H14N2OS2. The van der Waals surface area contributed by atoms with Crippen LogP contribution in [0.5, 0.6) is 0 Å². The van der Waals surface area contributed by atoms with Gasteiger partial charge in [-0.15, -0.1) is 22.7 Å². The summed E-state index contributed by atoms with van der Waals surface area (Å²) in [7, 11) is 0. The maximum atomic E-state index is 5.54. The average molecular weight is 278 g/mol. The molecule has 1 N–H and O–H groups in total. The second-order valence-electron chi connectivity index (χ2n) is 4.08. The Balaban J connectivity index is 1.78. The highest BCUT2D eigenvalue weighted by Crippen LogP contribution is 2.35. The molecule has 0 atom stereocenters.